The van der Waals surface area contributed by atoms with Crippen LogP contribution in [0.2, 0.25) is 0 Å². The number of carboxylic acids is 1. The molecule has 0 aliphatic rings. The molecule has 0 aliphatic heterocycles. The highest BCUT2D eigenvalue weighted by Gasteiger charge is 2.11. The average Bonchev–Trinajstić information content (AvgIpc) is 2.72. The molecule has 0 fully saturated rings. The molecular weight excluding hydrogens is 366 g/mol. The van der Waals surface area contributed by atoms with Crippen molar-refractivity contribution in [3.05, 3.63) is 77.4 Å². The van der Waals surface area contributed by atoms with E-state index in [2.05, 4.69) is 36.5 Å². The van der Waals surface area contributed by atoms with E-state index in [-0.39, 0.29) is 18.7 Å². The van der Waals surface area contributed by atoms with Crippen LogP contribution in [-0.4, -0.2) is 23.5 Å². The van der Waals surface area contributed by atoms with Crippen LogP contribution in [0.1, 0.15) is 29.5 Å². The number of benzene rings is 3. The van der Waals surface area contributed by atoms with Gasteiger partial charge in [0.1, 0.15) is 12.4 Å². The summed E-state index contributed by atoms with van der Waals surface area (Å²) >= 11 is 0. The summed E-state index contributed by atoms with van der Waals surface area (Å²) in [5.74, 6) is -0.428. The summed E-state index contributed by atoms with van der Waals surface area (Å²) in [6.07, 6.45) is 0.426. The van der Waals surface area contributed by atoms with Crippen LogP contribution in [0.15, 0.2) is 60.7 Å². The fourth-order valence-corrected chi connectivity index (χ4v) is 3.27. The second kappa shape index (κ2) is 9.73. The third-order valence-corrected chi connectivity index (χ3v) is 4.91. The number of hydrogen-bond acceptors (Lipinski definition) is 3. The molecule has 5 nitrogen and oxygen atoms in total. The molecular formula is C24H25NO4. The SMILES string of the molecule is Cc1ccccc1COc1ccc2ccccc2c1CCNC(=O)CCC(=O)O. The number of hydrogen-bond donors (Lipinski definition) is 2. The molecule has 3 aromatic rings. The normalized spacial score (nSPS) is 10.7. The van der Waals surface area contributed by atoms with Gasteiger partial charge in [0.05, 0.1) is 6.42 Å². The number of carboxylic acid groups (broad SMARTS) is 1. The maximum absolute atomic E-state index is 11.8. The maximum Gasteiger partial charge on any atom is 0.303 e. The lowest BCUT2D eigenvalue weighted by atomic mass is 10.0. The number of aryl methyl sites for hydroxylation is 1. The average molecular weight is 391 g/mol. The molecule has 3 aromatic carbocycles. The largest absolute Gasteiger partial charge is 0.489 e. The maximum atomic E-state index is 11.8. The third kappa shape index (κ3) is 5.57. The van der Waals surface area contributed by atoms with Crippen molar-refractivity contribution in [2.45, 2.75) is 32.8 Å². The van der Waals surface area contributed by atoms with Crippen LogP contribution in [0.25, 0.3) is 10.8 Å². The first-order valence-electron chi connectivity index (χ1n) is 9.71. The summed E-state index contributed by atoms with van der Waals surface area (Å²) in [6, 6.07) is 20.2. The van der Waals surface area contributed by atoms with Gasteiger partial charge in [0.25, 0.3) is 0 Å². The van der Waals surface area contributed by atoms with Crippen molar-refractivity contribution in [3.63, 3.8) is 0 Å². The zero-order chi connectivity index (χ0) is 20.6. The standard InChI is InChI=1S/C24H25NO4/c1-17-6-2-3-8-19(17)16-29-22-11-10-18-7-4-5-9-20(18)21(22)14-15-25-23(26)12-13-24(27)28/h2-11H,12-16H2,1H3,(H,25,26)(H,27,28). The van der Waals surface area contributed by atoms with Gasteiger partial charge in [-0.15, -0.1) is 0 Å². The molecule has 0 bridgehead atoms. The van der Waals surface area contributed by atoms with E-state index in [0.29, 0.717) is 19.6 Å². The van der Waals surface area contributed by atoms with Gasteiger partial charge in [0.15, 0.2) is 0 Å². The minimum atomic E-state index is -0.971. The lowest BCUT2D eigenvalue weighted by molar-refractivity contribution is -0.138. The molecule has 0 aliphatic carbocycles. The highest BCUT2D eigenvalue weighted by molar-refractivity contribution is 5.88. The first-order chi connectivity index (χ1) is 14.0. The molecule has 5 heteroatoms. The highest BCUT2D eigenvalue weighted by Crippen LogP contribution is 2.29. The number of ether oxygens (including phenoxy) is 1. The quantitative estimate of drug-likeness (QED) is 0.572. The predicted octanol–water partition coefficient (Wildman–Crippen LogP) is 4.25. The van der Waals surface area contributed by atoms with Crippen molar-refractivity contribution in [2.24, 2.45) is 0 Å². The van der Waals surface area contributed by atoms with Crippen LogP contribution in [0.3, 0.4) is 0 Å². The minimum absolute atomic E-state index is 0.0124. The van der Waals surface area contributed by atoms with E-state index in [1.54, 1.807) is 0 Å². The van der Waals surface area contributed by atoms with E-state index in [9.17, 15) is 9.59 Å². The predicted molar refractivity (Wildman–Crippen MR) is 113 cm³/mol. The van der Waals surface area contributed by atoms with Gasteiger partial charge in [-0.05, 0) is 41.3 Å². The Morgan fingerprint density at radius 1 is 0.966 bits per heavy atom. The van der Waals surface area contributed by atoms with Crippen molar-refractivity contribution < 1.29 is 19.4 Å². The first-order valence-corrected chi connectivity index (χ1v) is 9.71. The van der Waals surface area contributed by atoms with E-state index in [4.69, 9.17) is 9.84 Å². The molecule has 3 rings (SSSR count). The Bertz CT molecular complexity index is 1010. The van der Waals surface area contributed by atoms with E-state index in [0.717, 1.165) is 27.6 Å². The van der Waals surface area contributed by atoms with Crippen LogP contribution in [0, 0.1) is 6.92 Å². The molecule has 0 saturated carbocycles. The zero-order valence-electron chi connectivity index (χ0n) is 16.5. The van der Waals surface area contributed by atoms with Crippen LogP contribution >= 0.6 is 0 Å². The van der Waals surface area contributed by atoms with E-state index < -0.39 is 5.97 Å². The first kappa shape index (κ1) is 20.4. The number of fused-ring (bicyclic) bond motifs is 1. The Kier molecular flexibility index (Phi) is 6.85. The van der Waals surface area contributed by atoms with Crippen molar-refractivity contribution in [2.75, 3.05) is 6.54 Å². The second-order valence-corrected chi connectivity index (χ2v) is 6.97. The summed E-state index contributed by atoms with van der Waals surface area (Å²) in [4.78, 5) is 22.4. The fourth-order valence-electron chi connectivity index (χ4n) is 3.27. The Labute approximate surface area is 170 Å². The molecule has 0 atom stereocenters. The minimum Gasteiger partial charge on any atom is -0.489 e. The van der Waals surface area contributed by atoms with Crippen molar-refractivity contribution >= 4 is 22.6 Å². The van der Waals surface area contributed by atoms with Crippen molar-refractivity contribution in [1.82, 2.24) is 5.32 Å². The number of nitrogens with one attached hydrogen (secondary N) is 1. The molecule has 2 N–H and O–H groups in total. The Hall–Kier alpha value is -3.34. The number of rotatable bonds is 9. The van der Waals surface area contributed by atoms with E-state index in [1.807, 2.05) is 36.4 Å². The lowest BCUT2D eigenvalue weighted by Crippen LogP contribution is -2.26. The van der Waals surface area contributed by atoms with Crippen molar-refractivity contribution in [1.29, 1.82) is 0 Å². The van der Waals surface area contributed by atoms with Gasteiger partial charge in [0.2, 0.25) is 5.91 Å². The highest BCUT2D eigenvalue weighted by atomic mass is 16.5. The Morgan fingerprint density at radius 3 is 2.52 bits per heavy atom. The van der Waals surface area contributed by atoms with Gasteiger partial charge in [-0.2, -0.15) is 0 Å². The number of amides is 1. The summed E-state index contributed by atoms with van der Waals surface area (Å²) in [6.45, 7) is 2.96. The molecule has 0 unspecified atom stereocenters. The summed E-state index contributed by atoms with van der Waals surface area (Å²) < 4.78 is 6.16. The zero-order valence-corrected chi connectivity index (χ0v) is 16.5. The van der Waals surface area contributed by atoms with Crippen LogP contribution in [0.5, 0.6) is 5.75 Å². The molecule has 1 amide bonds. The van der Waals surface area contributed by atoms with Crippen molar-refractivity contribution in [3.8, 4) is 5.75 Å². The van der Waals surface area contributed by atoms with Gasteiger partial charge in [-0.1, -0.05) is 54.6 Å². The van der Waals surface area contributed by atoms with E-state index >= 15 is 0 Å². The molecule has 0 heterocycles. The van der Waals surface area contributed by atoms with Gasteiger partial charge in [-0.25, -0.2) is 0 Å². The Morgan fingerprint density at radius 2 is 1.72 bits per heavy atom. The second-order valence-electron chi connectivity index (χ2n) is 6.97. The van der Waals surface area contributed by atoms with Crippen LogP contribution < -0.4 is 10.1 Å². The molecule has 0 spiro atoms. The molecule has 150 valence electrons. The van der Waals surface area contributed by atoms with Crippen LogP contribution in [0.4, 0.5) is 0 Å². The fraction of sp³-hybridized carbons (Fsp3) is 0.250. The molecule has 29 heavy (non-hydrogen) atoms. The monoisotopic (exact) mass is 391 g/mol. The molecule has 0 radical (unpaired) electrons. The summed E-state index contributed by atoms with van der Waals surface area (Å²) in [5.41, 5.74) is 3.35. The number of carbonyl (C=O) groups excluding carboxylic acids is 1. The number of aliphatic carboxylic acids is 1. The molecule has 0 aromatic heterocycles. The van der Waals surface area contributed by atoms with Gasteiger partial charge in [0, 0.05) is 18.5 Å². The van der Waals surface area contributed by atoms with Gasteiger partial charge >= 0.3 is 5.97 Å². The van der Waals surface area contributed by atoms with Gasteiger partial charge in [-0.3, -0.25) is 9.59 Å². The van der Waals surface area contributed by atoms with E-state index in [1.165, 1.54) is 5.56 Å². The lowest BCUT2D eigenvalue weighted by Gasteiger charge is -2.16. The summed E-state index contributed by atoms with van der Waals surface area (Å²) in [5, 5.41) is 13.7. The topological polar surface area (TPSA) is 75.6 Å². The van der Waals surface area contributed by atoms with Crippen LogP contribution in [-0.2, 0) is 22.6 Å². The van der Waals surface area contributed by atoms with Gasteiger partial charge < -0.3 is 15.2 Å². The Balaban J connectivity index is 1.74. The molecule has 0 saturated heterocycles. The smallest absolute Gasteiger partial charge is 0.303 e. The summed E-state index contributed by atoms with van der Waals surface area (Å²) in [7, 11) is 0. The number of carbonyl (C=O) groups is 2. The third-order valence-electron chi connectivity index (χ3n) is 4.91.